The van der Waals surface area contributed by atoms with Crippen LogP contribution in [0, 0.1) is 0 Å². The molecule has 0 aliphatic carbocycles. The zero-order chi connectivity index (χ0) is 9.52. The van der Waals surface area contributed by atoms with E-state index in [-0.39, 0.29) is 0 Å². The number of nitrogens with one attached hydrogen (secondary N) is 1. The maximum Gasteiger partial charge on any atom is 0.00827 e. The van der Waals surface area contributed by atoms with Crippen LogP contribution in [-0.2, 0) is 0 Å². The van der Waals surface area contributed by atoms with Crippen molar-refractivity contribution in [1.29, 1.82) is 0 Å². The molecule has 1 heterocycles. The van der Waals surface area contributed by atoms with Gasteiger partial charge in [-0.05, 0) is 58.0 Å². The van der Waals surface area contributed by atoms with Crippen LogP contribution in [0.5, 0.6) is 0 Å². The van der Waals surface area contributed by atoms with Crippen molar-refractivity contribution < 1.29 is 0 Å². The molecule has 3 heteroatoms. The van der Waals surface area contributed by atoms with Crippen molar-refractivity contribution in [2.24, 2.45) is 0 Å². The highest BCUT2D eigenvalue weighted by Crippen LogP contribution is 2.16. The van der Waals surface area contributed by atoms with E-state index in [4.69, 9.17) is 0 Å². The Balaban J connectivity index is 1.92. The fourth-order valence-electron chi connectivity index (χ4n) is 1.60. The molecule has 1 aliphatic heterocycles. The molecule has 0 aromatic heterocycles. The molecule has 78 valence electrons. The van der Waals surface area contributed by atoms with E-state index in [1.54, 1.807) is 0 Å². The van der Waals surface area contributed by atoms with Gasteiger partial charge in [-0.15, -0.1) is 0 Å². The Kier molecular flexibility index (Phi) is 5.83. The molecule has 13 heavy (non-hydrogen) atoms. The highest BCUT2D eigenvalue weighted by Gasteiger charge is 2.11. The molecule has 0 amide bonds. The molecule has 1 saturated heterocycles. The average Bonchev–Trinajstić information content (AvgIpc) is 2.14. The van der Waals surface area contributed by atoms with Crippen LogP contribution in [0.1, 0.15) is 19.3 Å². The number of hydrogen-bond acceptors (Lipinski definition) is 3. The van der Waals surface area contributed by atoms with E-state index in [1.165, 1.54) is 43.9 Å². The SMILES string of the molecule is CN(C)CCCNC1CCSCC1. The Morgan fingerprint density at radius 3 is 2.62 bits per heavy atom. The molecule has 1 N–H and O–H groups in total. The topological polar surface area (TPSA) is 15.3 Å². The summed E-state index contributed by atoms with van der Waals surface area (Å²) in [5.41, 5.74) is 0. The van der Waals surface area contributed by atoms with E-state index in [0.717, 1.165) is 6.04 Å². The van der Waals surface area contributed by atoms with Crippen molar-refractivity contribution in [3.8, 4) is 0 Å². The molecule has 0 saturated carbocycles. The Hall–Kier alpha value is 0.270. The molecular weight excluding hydrogens is 180 g/mol. The van der Waals surface area contributed by atoms with Crippen LogP contribution in [0.25, 0.3) is 0 Å². The van der Waals surface area contributed by atoms with Crippen molar-refractivity contribution in [3.63, 3.8) is 0 Å². The summed E-state index contributed by atoms with van der Waals surface area (Å²) in [6, 6.07) is 0.809. The number of rotatable bonds is 5. The fraction of sp³-hybridized carbons (Fsp3) is 1.00. The first-order chi connectivity index (χ1) is 6.29. The molecule has 0 radical (unpaired) electrons. The summed E-state index contributed by atoms with van der Waals surface area (Å²) < 4.78 is 0. The summed E-state index contributed by atoms with van der Waals surface area (Å²) in [4.78, 5) is 2.25. The van der Waals surface area contributed by atoms with Crippen molar-refractivity contribution in [2.75, 3.05) is 38.7 Å². The van der Waals surface area contributed by atoms with Crippen LogP contribution in [0.3, 0.4) is 0 Å². The van der Waals surface area contributed by atoms with E-state index in [2.05, 4.69) is 36.1 Å². The Labute approximate surface area is 86.5 Å². The van der Waals surface area contributed by atoms with Gasteiger partial charge in [-0.25, -0.2) is 0 Å². The molecule has 0 atom stereocenters. The Morgan fingerprint density at radius 2 is 2.00 bits per heavy atom. The zero-order valence-electron chi connectivity index (χ0n) is 8.88. The average molecular weight is 202 g/mol. The van der Waals surface area contributed by atoms with E-state index < -0.39 is 0 Å². The summed E-state index contributed by atoms with van der Waals surface area (Å²) in [5.74, 6) is 2.71. The minimum absolute atomic E-state index is 0.809. The Morgan fingerprint density at radius 1 is 1.31 bits per heavy atom. The van der Waals surface area contributed by atoms with Crippen molar-refractivity contribution in [3.05, 3.63) is 0 Å². The van der Waals surface area contributed by atoms with Crippen molar-refractivity contribution in [2.45, 2.75) is 25.3 Å². The molecule has 1 fully saturated rings. The van der Waals surface area contributed by atoms with Gasteiger partial charge in [-0.2, -0.15) is 11.8 Å². The molecule has 0 aromatic carbocycles. The monoisotopic (exact) mass is 202 g/mol. The predicted octanol–water partition coefficient (Wildman–Crippen LogP) is 1.42. The van der Waals surface area contributed by atoms with E-state index >= 15 is 0 Å². The van der Waals surface area contributed by atoms with Crippen LogP contribution < -0.4 is 5.32 Å². The molecule has 0 spiro atoms. The summed E-state index contributed by atoms with van der Waals surface area (Å²) in [6.07, 6.45) is 4.01. The van der Waals surface area contributed by atoms with Gasteiger partial charge in [-0.3, -0.25) is 0 Å². The van der Waals surface area contributed by atoms with E-state index in [9.17, 15) is 0 Å². The first-order valence-corrected chi connectivity index (χ1v) is 6.40. The first kappa shape index (κ1) is 11.3. The Bertz CT molecular complexity index is 122. The first-order valence-electron chi connectivity index (χ1n) is 5.25. The maximum atomic E-state index is 3.64. The number of hydrogen-bond donors (Lipinski definition) is 1. The molecule has 1 rings (SSSR count). The highest BCUT2D eigenvalue weighted by molar-refractivity contribution is 7.99. The van der Waals surface area contributed by atoms with Gasteiger partial charge in [0, 0.05) is 6.04 Å². The van der Waals surface area contributed by atoms with Gasteiger partial charge in [0.1, 0.15) is 0 Å². The molecule has 0 bridgehead atoms. The third-order valence-electron chi connectivity index (χ3n) is 2.44. The molecule has 0 aromatic rings. The number of nitrogens with zero attached hydrogens (tertiary/aromatic N) is 1. The van der Waals surface area contributed by atoms with Gasteiger partial charge >= 0.3 is 0 Å². The third kappa shape index (κ3) is 5.55. The second kappa shape index (κ2) is 6.68. The van der Waals surface area contributed by atoms with Crippen LogP contribution >= 0.6 is 11.8 Å². The maximum absolute atomic E-state index is 3.64. The lowest BCUT2D eigenvalue weighted by Gasteiger charge is -2.22. The van der Waals surface area contributed by atoms with Crippen LogP contribution in [-0.4, -0.2) is 49.6 Å². The molecule has 2 nitrogen and oxygen atoms in total. The second-order valence-electron chi connectivity index (χ2n) is 4.00. The van der Waals surface area contributed by atoms with Crippen LogP contribution in [0.4, 0.5) is 0 Å². The van der Waals surface area contributed by atoms with Gasteiger partial charge < -0.3 is 10.2 Å². The summed E-state index contributed by atoms with van der Waals surface area (Å²) in [7, 11) is 4.27. The second-order valence-corrected chi connectivity index (χ2v) is 5.22. The predicted molar refractivity (Wildman–Crippen MR) is 61.5 cm³/mol. The quantitative estimate of drug-likeness (QED) is 0.679. The lowest BCUT2D eigenvalue weighted by atomic mass is 10.1. The zero-order valence-corrected chi connectivity index (χ0v) is 9.70. The van der Waals surface area contributed by atoms with Gasteiger partial charge in [0.2, 0.25) is 0 Å². The smallest absolute Gasteiger partial charge is 0.00827 e. The van der Waals surface area contributed by atoms with Crippen molar-refractivity contribution in [1.82, 2.24) is 10.2 Å². The van der Waals surface area contributed by atoms with Crippen LogP contribution in [0.2, 0.25) is 0 Å². The summed E-state index contributed by atoms with van der Waals surface area (Å²) in [6.45, 7) is 2.39. The third-order valence-corrected chi connectivity index (χ3v) is 3.49. The van der Waals surface area contributed by atoms with Crippen molar-refractivity contribution >= 4 is 11.8 Å². The summed E-state index contributed by atoms with van der Waals surface area (Å²) >= 11 is 2.09. The standard InChI is InChI=1S/C10H22N2S/c1-12(2)7-3-6-11-10-4-8-13-9-5-10/h10-11H,3-9H2,1-2H3. The summed E-state index contributed by atoms with van der Waals surface area (Å²) in [5, 5.41) is 3.64. The minimum Gasteiger partial charge on any atom is -0.314 e. The molecular formula is C10H22N2S. The van der Waals surface area contributed by atoms with Gasteiger partial charge in [-0.1, -0.05) is 0 Å². The normalized spacial score (nSPS) is 19.6. The van der Waals surface area contributed by atoms with E-state index in [1.807, 2.05) is 0 Å². The van der Waals surface area contributed by atoms with E-state index in [0.29, 0.717) is 0 Å². The largest absolute Gasteiger partial charge is 0.314 e. The lowest BCUT2D eigenvalue weighted by Crippen LogP contribution is -2.34. The number of thioether (sulfide) groups is 1. The molecule has 1 aliphatic rings. The fourth-order valence-corrected chi connectivity index (χ4v) is 2.71. The molecule has 0 unspecified atom stereocenters. The van der Waals surface area contributed by atoms with Crippen LogP contribution in [0.15, 0.2) is 0 Å². The minimum atomic E-state index is 0.809. The van der Waals surface area contributed by atoms with Gasteiger partial charge in [0.05, 0.1) is 0 Å². The lowest BCUT2D eigenvalue weighted by molar-refractivity contribution is 0.382. The van der Waals surface area contributed by atoms with Gasteiger partial charge in [0.25, 0.3) is 0 Å². The highest BCUT2D eigenvalue weighted by atomic mass is 32.2. The van der Waals surface area contributed by atoms with Gasteiger partial charge in [0.15, 0.2) is 0 Å².